The Morgan fingerprint density at radius 2 is 2.18 bits per heavy atom. The summed E-state index contributed by atoms with van der Waals surface area (Å²) >= 11 is 0. The van der Waals surface area contributed by atoms with Crippen LogP contribution in [0.2, 0.25) is 0 Å². The van der Waals surface area contributed by atoms with E-state index in [0.717, 1.165) is 25.4 Å². The number of rotatable bonds is 1. The van der Waals surface area contributed by atoms with Crippen LogP contribution >= 0.6 is 0 Å². The van der Waals surface area contributed by atoms with Crippen LogP contribution in [0.15, 0.2) is 0 Å². The molecule has 3 atom stereocenters. The molecular formula is C13H22N2O2. The zero-order valence-corrected chi connectivity index (χ0v) is 10.9. The predicted molar refractivity (Wildman–Crippen MR) is 64.7 cm³/mol. The van der Waals surface area contributed by atoms with Crippen LogP contribution < -0.4 is 10.6 Å². The molecule has 1 spiro atoms. The first-order valence-electron chi connectivity index (χ1n) is 6.59. The van der Waals surface area contributed by atoms with Gasteiger partial charge in [-0.15, -0.1) is 0 Å². The molecule has 0 aromatic carbocycles. The fraction of sp³-hybridized carbons (Fsp3) is 0.923. The Labute approximate surface area is 102 Å². The maximum Gasteiger partial charge on any atom is 0.408 e. The Balaban J connectivity index is 1.71. The Bertz CT molecular complexity index is 359. The molecule has 3 fully saturated rings. The Hall–Kier alpha value is -0.770. The molecular weight excluding hydrogens is 216 g/mol. The summed E-state index contributed by atoms with van der Waals surface area (Å²) in [5.74, 6) is 0.826. The first-order chi connectivity index (χ1) is 7.87. The van der Waals surface area contributed by atoms with Gasteiger partial charge in [0.1, 0.15) is 5.60 Å². The second kappa shape index (κ2) is 3.16. The van der Waals surface area contributed by atoms with E-state index in [1.54, 1.807) is 0 Å². The van der Waals surface area contributed by atoms with Gasteiger partial charge in [-0.1, -0.05) is 0 Å². The molecule has 1 aliphatic heterocycles. The zero-order valence-electron chi connectivity index (χ0n) is 10.9. The predicted octanol–water partition coefficient (Wildman–Crippen LogP) is 1.65. The molecule has 2 N–H and O–H groups in total. The van der Waals surface area contributed by atoms with Crippen LogP contribution in [-0.2, 0) is 4.74 Å². The highest BCUT2D eigenvalue weighted by molar-refractivity contribution is 5.69. The van der Waals surface area contributed by atoms with Crippen molar-refractivity contribution in [3.8, 4) is 0 Å². The summed E-state index contributed by atoms with van der Waals surface area (Å²) in [6, 6.07) is 0. The second-order valence-electron chi connectivity index (χ2n) is 6.91. The van der Waals surface area contributed by atoms with Crippen LogP contribution in [-0.4, -0.2) is 30.3 Å². The van der Waals surface area contributed by atoms with Gasteiger partial charge in [-0.25, -0.2) is 4.79 Å². The summed E-state index contributed by atoms with van der Waals surface area (Å²) in [6.07, 6.45) is 3.38. The number of carbonyl (C=O) groups is 1. The monoisotopic (exact) mass is 238 g/mol. The molecule has 2 aliphatic carbocycles. The maximum absolute atomic E-state index is 12.0. The Morgan fingerprint density at radius 1 is 1.41 bits per heavy atom. The highest BCUT2D eigenvalue weighted by atomic mass is 16.6. The summed E-state index contributed by atoms with van der Waals surface area (Å²) in [5.41, 5.74) is -0.0919. The van der Waals surface area contributed by atoms with Gasteiger partial charge in [0, 0.05) is 18.5 Å². The first-order valence-corrected chi connectivity index (χ1v) is 6.59. The molecule has 0 aromatic rings. The molecule has 3 unspecified atom stereocenters. The quantitative estimate of drug-likeness (QED) is 0.730. The fourth-order valence-corrected chi connectivity index (χ4v) is 3.89. The van der Waals surface area contributed by atoms with Crippen molar-refractivity contribution in [3.63, 3.8) is 0 Å². The van der Waals surface area contributed by atoms with Gasteiger partial charge in [-0.2, -0.15) is 0 Å². The largest absolute Gasteiger partial charge is 0.444 e. The highest BCUT2D eigenvalue weighted by Crippen LogP contribution is 2.69. The van der Waals surface area contributed by atoms with Crippen LogP contribution in [0.3, 0.4) is 0 Å². The lowest BCUT2D eigenvalue weighted by atomic mass is 9.85. The van der Waals surface area contributed by atoms with Crippen molar-refractivity contribution in [1.82, 2.24) is 10.6 Å². The van der Waals surface area contributed by atoms with E-state index >= 15 is 0 Å². The molecule has 17 heavy (non-hydrogen) atoms. The van der Waals surface area contributed by atoms with Gasteiger partial charge in [-0.3, -0.25) is 0 Å². The van der Waals surface area contributed by atoms with Crippen LogP contribution in [0.4, 0.5) is 4.79 Å². The molecule has 3 aliphatic rings. The van der Waals surface area contributed by atoms with E-state index in [1.807, 2.05) is 20.8 Å². The number of alkyl carbamates (subject to hydrolysis) is 1. The van der Waals surface area contributed by atoms with Crippen molar-refractivity contribution in [2.45, 2.75) is 51.2 Å². The third-order valence-electron chi connectivity index (χ3n) is 4.71. The number of amides is 1. The molecule has 96 valence electrons. The summed E-state index contributed by atoms with van der Waals surface area (Å²) in [5, 5.41) is 6.61. The topological polar surface area (TPSA) is 50.4 Å². The molecule has 0 aromatic heterocycles. The lowest BCUT2D eigenvalue weighted by molar-refractivity contribution is 0.0433. The van der Waals surface area contributed by atoms with E-state index in [9.17, 15) is 4.79 Å². The summed E-state index contributed by atoms with van der Waals surface area (Å²) in [4.78, 5) is 12.0. The van der Waals surface area contributed by atoms with Crippen molar-refractivity contribution in [1.29, 1.82) is 0 Å². The third kappa shape index (κ3) is 1.57. The summed E-state index contributed by atoms with van der Waals surface area (Å²) in [6.45, 7) is 7.68. The molecule has 4 heteroatoms. The van der Waals surface area contributed by atoms with Crippen molar-refractivity contribution >= 4 is 6.09 Å². The Morgan fingerprint density at radius 3 is 2.82 bits per heavy atom. The van der Waals surface area contributed by atoms with E-state index in [1.165, 1.54) is 12.8 Å². The van der Waals surface area contributed by atoms with E-state index in [0.29, 0.717) is 5.41 Å². The average Bonchev–Trinajstić information content (AvgIpc) is 2.61. The number of nitrogens with one attached hydrogen (secondary N) is 2. The van der Waals surface area contributed by atoms with Gasteiger partial charge in [0.25, 0.3) is 0 Å². The molecule has 2 saturated carbocycles. The first kappa shape index (κ1) is 11.3. The normalized spacial score (nSPS) is 42.9. The fourth-order valence-electron chi connectivity index (χ4n) is 3.89. The number of hydrogen-bond acceptors (Lipinski definition) is 3. The average molecular weight is 238 g/mol. The van der Waals surface area contributed by atoms with Gasteiger partial charge in [0.05, 0.1) is 5.54 Å². The molecule has 4 nitrogen and oxygen atoms in total. The van der Waals surface area contributed by atoms with E-state index in [4.69, 9.17) is 4.74 Å². The van der Waals surface area contributed by atoms with Gasteiger partial charge < -0.3 is 15.4 Å². The van der Waals surface area contributed by atoms with Crippen LogP contribution in [0.5, 0.6) is 0 Å². The lowest BCUT2D eigenvalue weighted by Gasteiger charge is -2.33. The van der Waals surface area contributed by atoms with Crippen molar-refractivity contribution in [2.75, 3.05) is 13.1 Å². The van der Waals surface area contributed by atoms with E-state index < -0.39 is 5.60 Å². The molecule has 1 saturated heterocycles. The Kier molecular flexibility index (Phi) is 2.11. The van der Waals surface area contributed by atoms with Crippen molar-refractivity contribution in [2.24, 2.45) is 11.3 Å². The molecule has 0 radical (unpaired) electrons. The highest BCUT2D eigenvalue weighted by Gasteiger charge is 2.72. The third-order valence-corrected chi connectivity index (χ3v) is 4.71. The zero-order chi connectivity index (χ0) is 12.3. The smallest absolute Gasteiger partial charge is 0.408 e. The van der Waals surface area contributed by atoms with Crippen molar-refractivity contribution < 1.29 is 9.53 Å². The molecule has 1 amide bonds. The second-order valence-corrected chi connectivity index (χ2v) is 6.91. The minimum Gasteiger partial charge on any atom is -0.444 e. The lowest BCUT2D eigenvalue weighted by Crippen LogP contribution is -2.54. The maximum atomic E-state index is 12.0. The van der Waals surface area contributed by atoms with E-state index in [2.05, 4.69) is 10.6 Å². The van der Waals surface area contributed by atoms with Gasteiger partial charge >= 0.3 is 6.09 Å². The number of hydrogen-bond donors (Lipinski definition) is 2. The summed E-state index contributed by atoms with van der Waals surface area (Å²) < 4.78 is 5.39. The summed E-state index contributed by atoms with van der Waals surface area (Å²) in [7, 11) is 0. The van der Waals surface area contributed by atoms with Gasteiger partial charge in [0.2, 0.25) is 0 Å². The molecule has 3 rings (SSSR count). The van der Waals surface area contributed by atoms with Gasteiger partial charge in [-0.05, 0) is 46.0 Å². The van der Waals surface area contributed by atoms with Gasteiger partial charge in [0.15, 0.2) is 0 Å². The SMILES string of the molecule is CC(C)(C)OC(=O)NC12CCC3CC31CNC2. The molecule has 0 bridgehead atoms. The standard InChI is InChI=1S/C13H22N2O2/c1-11(2,3)17-10(16)15-13-5-4-9-6-12(9,13)7-14-8-13/h9,14H,4-8H2,1-3H3,(H,15,16). The van der Waals surface area contributed by atoms with Crippen LogP contribution in [0, 0.1) is 11.3 Å². The van der Waals surface area contributed by atoms with Crippen LogP contribution in [0.25, 0.3) is 0 Å². The van der Waals surface area contributed by atoms with Crippen molar-refractivity contribution in [3.05, 3.63) is 0 Å². The van der Waals surface area contributed by atoms with E-state index in [-0.39, 0.29) is 11.6 Å². The number of ether oxygens (including phenoxy) is 1. The minimum absolute atomic E-state index is 0.0278. The molecule has 1 heterocycles. The number of carbonyl (C=O) groups excluding carboxylic acids is 1. The minimum atomic E-state index is -0.415. The van der Waals surface area contributed by atoms with Crippen LogP contribution in [0.1, 0.15) is 40.0 Å².